The molecule has 1 atom stereocenters. The molecule has 140 valence electrons. The molecule has 0 saturated carbocycles. The number of aromatic nitrogens is 3. The number of nitrogens with zero attached hydrogens (tertiary/aromatic N) is 4. The van der Waals surface area contributed by atoms with Crippen molar-refractivity contribution >= 4 is 44.5 Å². The minimum Gasteiger partial charge on any atom is -0.310 e. The lowest BCUT2D eigenvalue weighted by molar-refractivity contribution is -0.120. The lowest BCUT2D eigenvalue weighted by atomic mass is 9.99. The molecule has 10 heteroatoms. The first-order chi connectivity index (χ1) is 13.1. The summed E-state index contributed by atoms with van der Waals surface area (Å²) in [5.74, 6) is -0.189. The number of benzene rings is 1. The Morgan fingerprint density at radius 1 is 1.19 bits per heavy atom. The van der Waals surface area contributed by atoms with E-state index < -0.39 is 15.9 Å². The molecule has 0 unspecified atom stereocenters. The van der Waals surface area contributed by atoms with Gasteiger partial charge >= 0.3 is 0 Å². The number of pyridine rings is 1. The molecule has 8 nitrogen and oxygen atoms in total. The fraction of sp³-hybridized carbons (Fsp3) is 0.294. The molecule has 2 aromatic heterocycles. The van der Waals surface area contributed by atoms with Crippen LogP contribution in [0.15, 0.2) is 47.5 Å². The molecule has 3 heterocycles. The smallest absolute Gasteiger partial charge is 0.245 e. The van der Waals surface area contributed by atoms with Crippen LogP contribution in [0.5, 0.6) is 0 Å². The highest BCUT2D eigenvalue weighted by Crippen LogP contribution is 2.28. The molecule has 27 heavy (non-hydrogen) atoms. The molecule has 1 aliphatic rings. The number of carbonyl (C=O) groups excluding carboxylic acids is 1. The van der Waals surface area contributed by atoms with E-state index in [2.05, 4.69) is 19.0 Å². The van der Waals surface area contributed by atoms with E-state index in [4.69, 9.17) is 0 Å². The first-order valence-corrected chi connectivity index (χ1v) is 10.7. The summed E-state index contributed by atoms with van der Waals surface area (Å²) in [6.07, 6.45) is 2.84. The highest BCUT2D eigenvalue weighted by molar-refractivity contribution is 7.89. The zero-order valence-corrected chi connectivity index (χ0v) is 15.9. The zero-order chi connectivity index (χ0) is 18.9. The van der Waals surface area contributed by atoms with Gasteiger partial charge in [-0.15, -0.1) is 0 Å². The minimum atomic E-state index is -3.76. The van der Waals surface area contributed by atoms with Crippen LogP contribution in [0, 0.1) is 5.92 Å². The predicted octanol–water partition coefficient (Wildman–Crippen LogP) is 2.13. The van der Waals surface area contributed by atoms with Gasteiger partial charge in [0, 0.05) is 19.3 Å². The van der Waals surface area contributed by atoms with Crippen molar-refractivity contribution in [3.63, 3.8) is 0 Å². The number of carbonyl (C=O) groups is 1. The third kappa shape index (κ3) is 3.55. The van der Waals surface area contributed by atoms with Gasteiger partial charge in [0.05, 0.1) is 17.6 Å². The summed E-state index contributed by atoms with van der Waals surface area (Å²) >= 11 is 0.982. The molecule has 3 aromatic rings. The Labute approximate surface area is 160 Å². The average molecular weight is 403 g/mol. The third-order valence-electron chi connectivity index (χ3n) is 4.54. The number of hydrogen-bond donors (Lipinski definition) is 1. The Hall–Kier alpha value is -2.43. The van der Waals surface area contributed by atoms with Crippen molar-refractivity contribution in [2.24, 2.45) is 5.92 Å². The van der Waals surface area contributed by atoms with Crippen LogP contribution < -0.4 is 5.32 Å². The van der Waals surface area contributed by atoms with Crippen LogP contribution in [-0.2, 0) is 14.8 Å². The van der Waals surface area contributed by atoms with E-state index in [0.717, 1.165) is 11.7 Å². The maximum Gasteiger partial charge on any atom is 0.245 e. The number of amides is 1. The van der Waals surface area contributed by atoms with Crippen LogP contribution in [0.3, 0.4) is 0 Å². The van der Waals surface area contributed by atoms with E-state index in [0.29, 0.717) is 36.2 Å². The lowest BCUT2D eigenvalue weighted by Crippen LogP contribution is -2.43. The summed E-state index contributed by atoms with van der Waals surface area (Å²) in [5, 5.41) is 2.76. The fourth-order valence-electron chi connectivity index (χ4n) is 3.17. The summed E-state index contributed by atoms with van der Waals surface area (Å²) in [6.45, 7) is 0.513. The van der Waals surface area contributed by atoms with E-state index in [-0.39, 0.29) is 17.3 Å². The Kier molecular flexibility index (Phi) is 4.85. The van der Waals surface area contributed by atoms with Crippen molar-refractivity contribution in [3.8, 4) is 0 Å². The lowest BCUT2D eigenvalue weighted by Gasteiger charge is -2.31. The van der Waals surface area contributed by atoms with Crippen LogP contribution >= 0.6 is 11.7 Å². The van der Waals surface area contributed by atoms with Crippen LogP contribution in [0.4, 0.5) is 5.82 Å². The highest BCUT2D eigenvalue weighted by atomic mass is 32.2. The highest BCUT2D eigenvalue weighted by Gasteiger charge is 2.34. The van der Waals surface area contributed by atoms with Crippen molar-refractivity contribution in [2.45, 2.75) is 17.7 Å². The van der Waals surface area contributed by atoms with Gasteiger partial charge in [0.1, 0.15) is 21.7 Å². The topological polar surface area (TPSA) is 105 Å². The molecule has 1 aromatic carbocycles. The van der Waals surface area contributed by atoms with Crippen molar-refractivity contribution in [2.75, 3.05) is 18.4 Å². The predicted molar refractivity (Wildman–Crippen MR) is 102 cm³/mol. The van der Waals surface area contributed by atoms with Crippen molar-refractivity contribution in [1.82, 2.24) is 18.0 Å². The zero-order valence-electron chi connectivity index (χ0n) is 14.3. The molecular formula is C17H17N5O3S2. The Morgan fingerprint density at radius 3 is 2.89 bits per heavy atom. The second-order valence-electron chi connectivity index (χ2n) is 6.29. The van der Waals surface area contributed by atoms with Crippen molar-refractivity contribution in [1.29, 1.82) is 0 Å². The Bertz CT molecular complexity index is 1070. The minimum absolute atomic E-state index is 0.134. The number of nitrogens with one attached hydrogen (secondary N) is 1. The molecule has 0 radical (unpaired) electrons. The van der Waals surface area contributed by atoms with Gasteiger partial charge < -0.3 is 5.32 Å². The maximum atomic E-state index is 13.1. The second-order valence-corrected chi connectivity index (χ2v) is 8.73. The second kappa shape index (κ2) is 7.29. The van der Waals surface area contributed by atoms with Crippen LogP contribution in [-0.4, -0.2) is 45.5 Å². The SMILES string of the molecule is O=C(Nc1ccccn1)[C@H]1CCCN(S(=O)(=O)c2cccc3nsnc23)C1. The van der Waals surface area contributed by atoms with E-state index in [9.17, 15) is 13.2 Å². The molecular weight excluding hydrogens is 386 g/mol. The van der Waals surface area contributed by atoms with Crippen LogP contribution in [0.2, 0.25) is 0 Å². The van der Waals surface area contributed by atoms with Crippen molar-refractivity contribution in [3.05, 3.63) is 42.6 Å². The molecule has 1 fully saturated rings. The number of piperidine rings is 1. The normalized spacial score (nSPS) is 18.4. The first kappa shape index (κ1) is 18.0. The standard InChI is InChI=1S/C17H17N5O3S2/c23-17(19-15-8-1-2-9-18-15)12-5-4-10-22(11-12)27(24,25)14-7-3-6-13-16(14)21-26-20-13/h1-3,6-9,12H,4-5,10-11H2,(H,18,19,23)/t12-/m0/s1. The maximum absolute atomic E-state index is 13.1. The van der Waals surface area contributed by atoms with E-state index in [1.54, 1.807) is 36.5 Å². The van der Waals surface area contributed by atoms with Crippen LogP contribution in [0.25, 0.3) is 11.0 Å². The molecule has 0 spiro atoms. The van der Waals surface area contributed by atoms with E-state index >= 15 is 0 Å². The van der Waals surface area contributed by atoms with Gasteiger partial charge in [0.15, 0.2) is 0 Å². The van der Waals surface area contributed by atoms with Gasteiger partial charge in [-0.3, -0.25) is 4.79 Å². The molecule has 1 saturated heterocycles. The number of hydrogen-bond acceptors (Lipinski definition) is 7. The number of anilines is 1. The molecule has 1 N–H and O–H groups in total. The van der Waals surface area contributed by atoms with E-state index in [1.165, 1.54) is 10.4 Å². The number of rotatable bonds is 4. The van der Waals surface area contributed by atoms with Gasteiger partial charge in [-0.1, -0.05) is 12.1 Å². The Morgan fingerprint density at radius 2 is 2.07 bits per heavy atom. The largest absolute Gasteiger partial charge is 0.310 e. The summed E-state index contributed by atoms with van der Waals surface area (Å²) < 4.78 is 35.9. The molecule has 1 aliphatic heterocycles. The molecule has 1 amide bonds. The number of sulfonamides is 1. The summed E-state index contributed by atoms with van der Waals surface area (Å²) in [6, 6.07) is 10.2. The fourth-order valence-corrected chi connectivity index (χ4v) is 5.44. The molecule has 0 aliphatic carbocycles. The van der Waals surface area contributed by atoms with Gasteiger partial charge in [0.2, 0.25) is 15.9 Å². The Balaban J connectivity index is 1.55. The first-order valence-electron chi connectivity index (χ1n) is 8.49. The molecule has 4 rings (SSSR count). The van der Waals surface area contributed by atoms with Gasteiger partial charge in [-0.2, -0.15) is 13.1 Å². The summed E-state index contributed by atoms with van der Waals surface area (Å²) in [5.41, 5.74) is 0.935. The summed E-state index contributed by atoms with van der Waals surface area (Å²) in [4.78, 5) is 16.8. The number of fused-ring (bicyclic) bond motifs is 1. The van der Waals surface area contributed by atoms with Gasteiger partial charge in [-0.05, 0) is 37.1 Å². The monoisotopic (exact) mass is 403 g/mol. The van der Waals surface area contributed by atoms with E-state index in [1.807, 2.05) is 0 Å². The van der Waals surface area contributed by atoms with Gasteiger partial charge in [-0.25, -0.2) is 13.4 Å². The van der Waals surface area contributed by atoms with Crippen LogP contribution in [0.1, 0.15) is 12.8 Å². The quantitative estimate of drug-likeness (QED) is 0.715. The van der Waals surface area contributed by atoms with Gasteiger partial charge in [0.25, 0.3) is 0 Å². The third-order valence-corrected chi connectivity index (χ3v) is 6.98. The van der Waals surface area contributed by atoms with Crippen molar-refractivity contribution < 1.29 is 13.2 Å². The summed E-state index contributed by atoms with van der Waals surface area (Å²) in [7, 11) is -3.76. The molecule has 0 bridgehead atoms. The average Bonchev–Trinajstić information content (AvgIpc) is 3.17.